The van der Waals surface area contributed by atoms with Crippen molar-refractivity contribution in [1.82, 2.24) is 0 Å². The van der Waals surface area contributed by atoms with E-state index in [2.05, 4.69) is 4.18 Å². The summed E-state index contributed by atoms with van der Waals surface area (Å²) >= 11 is 0. The Morgan fingerprint density at radius 3 is 2.09 bits per heavy atom. The first-order valence-electron chi connectivity index (χ1n) is 3.49. The van der Waals surface area contributed by atoms with Gasteiger partial charge in [0.15, 0.2) is 0 Å². The van der Waals surface area contributed by atoms with E-state index in [0.29, 0.717) is 13.0 Å². The second kappa shape index (κ2) is 6.94. The highest BCUT2D eigenvalue weighted by atomic mass is 32.2. The molecule has 11 heavy (non-hydrogen) atoms. The summed E-state index contributed by atoms with van der Waals surface area (Å²) in [6, 6.07) is 0. The summed E-state index contributed by atoms with van der Waals surface area (Å²) in [5.74, 6) is 0.132. The van der Waals surface area contributed by atoms with Gasteiger partial charge in [0.05, 0.1) is 12.4 Å². The Hall–Kier alpha value is 0.260. The fourth-order valence-electron chi connectivity index (χ4n) is 0.519. The van der Waals surface area contributed by atoms with Crippen LogP contribution in [0.25, 0.3) is 0 Å². The van der Waals surface area contributed by atoms with E-state index in [1.165, 1.54) is 0 Å². The molecule has 0 bridgehead atoms. The Balaban J connectivity index is 0. The van der Waals surface area contributed by atoms with Crippen LogP contribution in [0.15, 0.2) is 0 Å². The highest BCUT2D eigenvalue weighted by Gasteiger charge is 2.07. The molecule has 0 amide bonds. The lowest BCUT2D eigenvalue weighted by Gasteiger charge is -2.00. The van der Waals surface area contributed by atoms with Crippen LogP contribution in [0.1, 0.15) is 26.7 Å². The zero-order valence-electron chi connectivity index (χ0n) is 6.96. The second-order valence-electron chi connectivity index (χ2n) is 2.08. The van der Waals surface area contributed by atoms with E-state index in [-0.39, 0.29) is 19.2 Å². The number of hydrogen-bond acceptors (Lipinski definition) is 3. The summed E-state index contributed by atoms with van der Waals surface area (Å²) in [6.45, 7) is 4.00. The van der Waals surface area contributed by atoms with Crippen molar-refractivity contribution < 1.29 is 12.6 Å². The molecule has 3 nitrogen and oxygen atoms in total. The quantitative estimate of drug-likeness (QED) is 0.628. The molecule has 0 aliphatic rings. The fourth-order valence-corrected chi connectivity index (χ4v) is 1.56. The molecule has 0 fully saturated rings. The topological polar surface area (TPSA) is 43.4 Å². The predicted octanol–water partition coefficient (Wildman–Crippen LogP) is 1.27. The van der Waals surface area contributed by atoms with Crippen molar-refractivity contribution >= 4 is 23.6 Å². The molecule has 0 saturated carbocycles. The maximum Gasteiger partial charge on any atom is 0.267 e. The fraction of sp³-hybridized carbons (Fsp3) is 1.00. The molecule has 0 aliphatic heterocycles. The summed E-state index contributed by atoms with van der Waals surface area (Å²) in [6.07, 6.45) is 1.36. The smallest absolute Gasteiger partial charge is 0.267 e. The third-order valence-electron chi connectivity index (χ3n) is 0.921. The predicted molar refractivity (Wildman–Crippen MR) is 50.7 cm³/mol. The molecule has 0 aromatic heterocycles. The zero-order valence-corrected chi connectivity index (χ0v) is 8.78. The van der Waals surface area contributed by atoms with Crippen molar-refractivity contribution in [3.63, 3.8) is 0 Å². The Morgan fingerprint density at radius 2 is 1.73 bits per heavy atom. The van der Waals surface area contributed by atoms with Crippen LogP contribution in [0.4, 0.5) is 0 Å². The lowest BCUT2D eigenvalue weighted by molar-refractivity contribution is 0.318. The summed E-state index contributed by atoms with van der Waals surface area (Å²) in [7, 11) is -3.19. The standard InChI is InChI=1S/C6H14O3S.H2S/c1-3-5-9-10(7,8)6-4-2;/h3-6H2,1-2H3;1H2. The van der Waals surface area contributed by atoms with Crippen LogP contribution in [-0.4, -0.2) is 20.8 Å². The molecule has 0 unspecified atom stereocenters. The van der Waals surface area contributed by atoms with E-state index in [0.717, 1.165) is 6.42 Å². The van der Waals surface area contributed by atoms with Gasteiger partial charge in [0.2, 0.25) is 0 Å². The van der Waals surface area contributed by atoms with Crippen molar-refractivity contribution in [1.29, 1.82) is 0 Å². The van der Waals surface area contributed by atoms with E-state index >= 15 is 0 Å². The molecule has 0 spiro atoms. The Kier molecular flexibility index (Phi) is 8.72. The number of hydrogen-bond donors (Lipinski definition) is 0. The third kappa shape index (κ3) is 8.16. The van der Waals surface area contributed by atoms with Gasteiger partial charge in [-0.25, -0.2) is 0 Å². The Labute approximate surface area is 75.7 Å². The van der Waals surface area contributed by atoms with Gasteiger partial charge in [0, 0.05) is 0 Å². The van der Waals surface area contributed by atoms with Gasteiger partial charge in [0.25, 0.3) is 10.1 Å². The molecule has 0 aromatic carbocycles. The normalized spacial score (nSPS) is 10.7. The molecular formula is C6H16O3S2. The first-order valence-corrected chi connectivity index (χ1v) is 5.07. The largest absolute Gasteiger partial charge is 0.270 e. The maximum atomic E-state index is 10.8. The van der Waals surface area contributed by atoms with Crippen LogP contribution < -0.4 is 0 Å². The van der Waals surface area contributed by atoms with Crippen molar-refractivity contribution in [3.8, 4) is 0 Å². The molecule has 0 radical (unpaired) electrons. The van der Waals surface area contributed by atoms with Crippen molar-refractivity contribution in [2.75, 3.05) is 12.4 Å². The van der Waals surface area contributed by atoms with Gasteiger partial charge >= 0.3 is 0 Å². The minimum Gasteiger partial charge on any atom is -0.270 e. The van der Waals surface area contributed by atoms with Gasteiger partial charge in [-0.05, 0) is 12.8 Å². The molecule has 0 rings (SSSR count). The lowest BCUT2D eigenvalue weighted by Crippen LogP contribution is -2.10. The van der Waals surface area contributed by atoms with Crippen LogP contribution in [0.5, 0.6) is 0 Å². The van der Waals surface area contributed by atoms with Gasteiger partial charge in [-0.2, -0.15) is 21.9 Å². The lowest BCUT2D eigenvalue weighted by atomic mass is 10.5. The van der Waals surface area contributed by atoms with Crippen LogP contribution >= 0.6 is 13.5 Å². The van der Waals surface area contributed by atoms with Gasteiger partial charge < -0.3 is 0 Å². The minimum absolute atomic E-state index is 0. The monoisotopic (exact) mass is 200 g/mol. The van der Waals surface area contributed by atoms with Crippen LogP contribution in [-0.2, 0) is 14.3 Å². The molecule has 70 valence electrons. The summed E-state index contributed by atoms with van der Waals surface area (Å²) in [4.78, 5) is 0. The molecule has 0 heterocycles. The molecule has 0 atom stereocenters. The van der Waals surface area contributed by atoms with Gasteiger partial charge in [-0.3, -0.25) is 4.18 Å². The zero-order chi connectivity index (χ0) is 8.04. The average molecular weight is 200 g/mol. The van der Waals surface area contributed by atoms with Gasteiger partial charge in [0.1, 0.15) is 0 Å². The van der Waals surface area contributed by atoms with E-state index in [1.54, 1.807) is 0 Å². The van der Waals surface area contributed by atoms with E-state index < -0.39 is 10.1 Å². The highest BCUT2D eigenvalue weighted by Crippen LogP contribution is 1.96. The first kappa shape index (κ1) is 13.8. The minimum atomic E-state index is -3.19. The second-order valence-corrected chi connectivity index (χ2v) is 3.84. The Bertz CT molecular complexity index is 163. The van der Waals surface area contributed by atoms with Gasteiger partial charge in [-0.15, -0.1) is 0 Å². The summed E-state index contributed by atoms with van der Waals surface area (Å²) in [5.41, 5.74) is 0. The number of rotatable bonds is 5. The van der Waals surface area contributed by atoms with Crippen LogP contribution in [0.2, 0.25) is 0 Å². The van der Waals surface area contributed by atoms with Gasteiger partial charge in [-0.1, -0.05) is 13.8 Å². The van der Waals surface area contributed by atoms with Crippen molar-refractivity contribution in [2.45, 2.75) is 26.7 Å². The first-order chi connectivity index (χ1) is 4.62. The van der Waals surface area contributed by atoms with Crippen LogP contribution in [0.3, 0.4) is 0 Å². The molecule has 0 N–H and O–H groups in total. The highest BCUT2D eigenvalue weighted by molar-refractivity contribution is 7.86. The van der Waals surface area contributed by atoms with Crippen molar-refractivity contribution in [2.24, 2.45) is 0 Å². The molecule has 0 aromatic rings. The Morgan fingerprint density at radius 1 is 1.18 bits per heavy atom. The summed E-state index contributed by atoms with van der Waals surface area (Å²) in [5, 5.41) is 0. The van der Waals surface area contributed by atoms with E-state index in [9.17, 15) is 8.42 Å². The molecular weight excluding hydrogens is 184 g/mol. The molecule has 5 heteroatoms. The average Bonchev–Trinajstić information content (AvgIpc) is 1.84. The SMILES string of the molecule is CCCOS(=O)(=O)CCC.S. The van der Waals surface area contributed by atoms with E-state index in [1.807, 2.05) is 13.8 Å². The third-order valence-corrected chi connectivity index (χ3v) is 2.36. The summed E-state index contributed by atoms with van der Waals surface area (Å²) < 4.78 is 26.1. The molecule has 0 aliphatic carbocycles. The van der Waals surface area contributed by atoms with Crippen LogP contribution in [0, 0.1) is 0 Å². The molecule has 0 saturated heterocycles. The van der Waals surface area contributed by atoms with E-state index in [4.69, 9.17) is 0 Å². The van der Waals surface area contributed by atoms with Crippen molar-refractivity contribution in [3.05, 3.63) is 0 Å². The maximum absolute atomic E-state index is 10.8.